The number of aryl methyl sites for hydroxylation is 1. The average molecular weight is 322 g/mol. The van der Waals surface area contributed by atoms with Crippen LogP contribution in [0, 0.1) is 18.8 Å². The summed E-state index contributed by atoms with van der Waals surface area (Å²) in [6.07, 6.45) is 0. The van der Waals surface area contributed by atoms with Gasteiger partial charge < -0.3 is 0 Å². The molecule has 0 unspecified atom stereocenters. The zero-order valence-electron chi connectivity index (χ0n) is 13.7. The Hall–Kier alpha value is -3.44. The van der Waals surface area contributed by atoms with E-state index >= 15 is 0 Å². The van der Waals surface area contributed by atoms with Crippen LogP contribution < -0.4 is 0 Å². The first-order chi connectivity index (χ1) is 12.1. The fraction of sp³-hybridized carbons (Fsp3) is 0.0435. The highest BCUT2D eigenvalue weighted by Gasteiger charge is 2.30. The van der Waals surface area contributed by atoms with Crippen molar-refractivity contribution in [3.8, 4) is 11.8 Å². The summed E-state index contributed by atoms with van der Waals surface area (Å²) < 4.78 is 0. The molecule has 2 heteroatoms. The predicted octanol–water partition coefficient (Wildman–Crippen LogP) is 4.17. The van der Waals surface area contributed by atoms with Gasteiger partial charge >= 0.3 is 0 Å². The molecule has 0 fully saturated rings. The summed E-state index contributed by atoms with van der Waals surface area (Å²) in [5, 5.41) is 0. The number of carbonyl (C=O) groups is 2. The van der Waals surface area contributed by atoms with Gasteiger partial charge in [0.15, 0.2) is 11.6 Å². The Morgan fingerprint density at radius 2 is 1.28 bits per heavy atom. The van der Waals surface area contributed by atoms with Crippen molar-refractivity contribution in [3.63, 3.8) is 0 Å². The predicted molar refractivity (Wildman–Crippen MR) is 96.9 cm³/mol. The molecule has 0 spiro atoms. The lowest BCUT2D eigenvalue weighted by atomic mass is 9.82. The first-order valence-corrected chi connectivity index (χ1v) is 8.05. The molecule has 3 aromatic carbocycles. The molecule has 25 heavy (non-hydrogen) atoms. The van der Waals surface area contributed by atoms with Crippen molar-refractivity contribution in [2.45, 2.75) is 6.92 Å². The lowest BCUT2D eigenvalue weighted by Crippen LogP contribution is -2.21. The van der Waals surface area contributed by atoms with Crippen molar-refractivity contribution in [1.29, 1.82) is 0 Å². The lowest BCUT2D eigenvalue weighted by molar-refractivity contribution is 0.0979. The maximum atomic E-state index is 12.9. The highest BCUT2D eigenvalue weighted by molar-refractivity contribution is 6.29. The fourth-order valence-corrected chi connectivity index (χ4v) is 3.03. The van der Waals surface area contributed by atoms with E-state index in [9.17, 15) is 9.59 Å². The van der Waals surface area contributed by atoms with Gasteiger partial charge in [0.1, 0.15) is 0 Å². The lowest BCUT2D eigenvalue weighted by Gasteiger charge is -2.18. The SMILES string of the molecule is Cc1ccc(C#Cc2cccc3c2C(=O)c2ccccc2C3=O)cc1. The molecule has 0 radical (unpaired) electrons. The molecule has 0 N–H and O–H groups in total. The Bertz CT molecular complexity index is 1080. The summed E-state index contributed by atoms with van der Waals surface area (Å²) in [6, 6.07) is 20.1. The number of rotatable bonds is 0. The van der Waals surface area contributed by atoms with E-state index in [1.165, 1.54) is 5.56 Å². The minimum absolute atomic E-state index is 0.121. The van der Waals surface area contributed by atoms with Crippen LogP contribution in [0.1, 0.15) is 48.5 Å². The molecule has 0 heterocycles. The van der Waals surface area contributed by atoms with Gasteiger partial charge in [-0.25, -0.2) is 0 Å². The van der Waals surface area contributed by atoms with Crippen molar-refractivity contribution < 1.29 is 9.59 Å². The third kappa shape index (κ3) is 2.56. The van der Waals surface area contributed by atoms with Crippen LogP contribution >= 0.6 is 0 Å². The van der Waals surface area contributed by atoms with Crippen LogP contribution in [-0.2, 0) is 0 Å². The van der Waals surface area contributed by atoms with E-state index in [4.69, 9.17) is 0 Å². The van der Waals surface area contributed by atoms with Crippen molar-refractivity contribution in [1.82, 2.24) is 0 Å². The smallest absolute Gasteiger partial charge is 0.195 e. The number of ketones is 2. The van der Waals surface area contributed by atoms with Crippen LogP contribution in [0.25, 0.3) is 0 Å². The molecule has 2 nitrogen and oxygen atoms in total. The fourth-order valence-electron chi connectivity index (χ4n) is 3.03. The molecule has 0 amide bonds. The standard InChI is InChI=1S/C23H14O2/c1-15-9-11-16(12-10-15)13-14-17-5-4-8-20-21(17)23(25)19-7-3-2-6-18(19)22(20)24/h2-12H,1H3. The molecule has 3 aromatic rings. The Kier molecular flexibility index (Phi) is 3.56. The van der Waals surface area contributed by atoms with Gasteiger partial charge in [0, 0.05) is 33.4 Å². The highest BCUT2D eigenvalue weighted by atomic mass is 16.1. The second-order valence-electron chi connectivity index (χ2n) is 6.05. The second kappa shape index (κ2) is 5.89. The largest absolute Gasteiger partial charge is 0.289 e. The van der Waals surface area contributed by atoms with E-state index in [2.05, 4.69) is 11.8 Å². The van der Waals surface area contributed by atoms with Crippen LogP contribution in [0.15, 0.2) is 66.7 Å². The van der Waals surface area contributed by atoms with Crippen molar-refractivity contribution in [2.75, 3.05) is 0 Å². The van der Waals surface area contributed by atoms with Crippen LogP contribution in [0.4, 0.5) is 0 Å². The van der Waals surface area contributed by atoms with E-state index in [1.54, 1.807) is 42.5 Å². The van der Waals surface area contributed by atoms with Gasteiger partial charge in [-0.3, -0.25) is 9.59 Å². The van der Waals surface area contributed by atoms with Crippen molar-refractivity contribution >= 4 is 11.6 Å². The van der Waals surface area contributed by atoms with Crippen LogP contribution in [0.3, 0.4) is 0 Å². The Morgan fingerprint density at radius 3 is 2.00 bits per heavy atom. The van der Waals surface area contributed by atoms with E-state index in [0.717, 1.165) is 5.56 Å². The zero-order chi connectivity index (χ0) is 17.4. The van der Waals surface area contributed by atoms with Gasteiger partial charge in [0.05, 0.1) is 0 Å². The maximum absolute atomic E-state index is 12.9. The molecule has 0 saturated heterocycles. The molecule has 0 atom stereocenters. The Morgan fingerprint density at radius 1 is 0.640 bits per heavy atom. The molecule has 1 aliphatic rings. The summed E-state index contributed by atoms with van der Waals surface area (Å²) in [4.78, 5) is 25.6. The first-order valence-electron chi connectivity index (χ1n) is 8.05. The zero-order valence-corrected chi connectivity index (χ0v) is 13.7. The number of fused-ring (bicyclic) bond motifs is 2. The van der Waals surface area contributed by atoms with Gasteiger partial charge in [0.25, 0.3) is 0 Å². The second-order valence-corrected chi connectivity index (χ2v) is 6.05. The number of hydrogen-bond donors (Lipinski definition) is 0. The van der Waals surface area contributed by atoms with Gasteiger partial charge in [0.2, 0.25) is 0 Å². The molecule has 0 saturated carbocycles. The monoisotopic (exact) mass is 322 g/mol. The summed E-state index contributed by atoms with van der Waals surface area (Å²) in [7, 11) is 0. The molecule has 0 aromatic heterocycles. The quantitative estimate of drug-likeness (QED) is 0.455. The molecule has 0 aliphatic heterocycles. The molecule has 4 rings (SSSR count). The first kappa shape index (κ1) is 15.1. The molecule has 118 valence electrons. The summed E-state index contributed by atoms with van der Waals surface area (Å²) in [6.45, 7) is 2.02. The number of carbonyl (C=O) groups excluding carboxylic acids is 2. The number of hydrogen-bond acceptors (Lipinski definition) is 2. The normalized spacial score (nSPS) is 12.0. The van der Waals surface area contributed by atoms with Crippen molar-refractivity contribution in [2.24, 2.45) is 0 Å². The van der Waals surface area contributed by atoms with Crippen LogP contribution in [0.2, 0.25) is 0 Å². The van der Waals surface area contributed by atoms with Gasteiger partial charge in [-0.1, -0.05) is 65.9 Å². The topological polar surface area (TPSA) is 34.1 Å². The third-order valence-corrected chi connectivity index (χ3v) is 4.35. The third-order valence-electron chi connectivity index (χ3n) is 4.35. The summed E-state index contributed by atoms with van der Waals surface area (Å²) in [5.74, 6) is 5.89. The van der Waals surface area contributed by atoms with E-state index < -0.39 is 0 Å². The van der Waals surface area contributed by atoms with Crippen LogP contribution in [0.5, 0.6) is 0 Å². The van der Waals surface area contributed by atoms with E-state index in [0.29, 0.717) is 27.8 Å². The summed E-state index contributed by atoms with van der Waals surface area (Å²) in [5.41, 5.74) is 4.38. The highest BCUT2D eigenvalue weighted by Crippen LogP contribution is 2.29. The molecule has 0 bridgehead atoms. The minimum Gasteiger partial charge on any atom is -0.289 e. The van der Waals surface area contributed by atoms with Gasteiger partial charge in [-0.05, 0) is 25.1 Å². The minimum atomic E-state index is -0.140. The van der Waals surface area contributed by atoms with E-state index in [1.807, 2.05) is 31.2 Å². The van der Waals surface area contributed by atoms with E-state index in [-0.39, 0.29) is 11.6 Å². The van der Waals surface area contributed by atoms with Crippen LogP contribution in [-0.4, -0.2) is 11.6 Å². The number of benzene rings is 3. The van der Waals surface area contributed by atoms with Crippen molar-refractivity contribution in [3.05, 3.63) is 106 Å². The molecular formula is C23H14O2. The maximum Gasteiger partial charge on any atom is 0.195 e. The Labute approximate surface area is 146 Å². The average Bonchev–Trinajstić information content (AvgIpc) is 2.65. The van der Waals surface area contributed by atoms with Gasteiger partial charge in [-0.2, -0.15) is 0 Å². The summed E-state index contributed by atoms with van der Waals surface area (Å²) >= 11 is 0. The Balaban J connectivity index is 1.84. The molecular weight excluding hydrogens is 308 g/mol. The van der Waals surface area contributed by atoms with Gasteiger partial charge in [-0.15, -0.1) is 0 Å². The molecule has 1 aliphatic carbocycles.